The quantitative estimate of drug-likeness (QED) is 0.446. The smallest absolute Gasteiger partial charge is 0.293 e. The highest BCUT2D eigenvalue weighted by molar-refractivity contribution is 7.89. The fourth-order valence-corrected chi connectivity index (χ4v) is 6.06. The SMILES string of the molecule is O=[N+]([O-])c1cc(S(=O)(=O)N2CCCCC2)ccc1NCC(O)CN1CCc2ccccc2C1. The maximum Gasteiger partial charge on any atom is 0.293 e. The van der Waals surface area contributed by atoms with Crippen LogP contribution in [0.1, 0.15) is 30.4 Å². The van der Waals surface area contributed by atoms with Gasteiger partial charge in [0.05, 0.1) is 15.9 Å². The van der Waals surface area contributed by atoms with Crippen molar-refractivity contribution in [1.29, 1.82) is 0 Å². The highest BCUT2D eigenvalue weighted by Gasteiger charge is 2.28. The standard InChI is InChI=1S/C23H30N4O5S/c28-20(17-25-13-10-18-6-2-3-7-19(18)16-25)15-24-22-9-8-21(14-23(22)27(29)30)33(31,32)26-11-4-1-5-12-26/h2-3,6-9,14,20,24,28H,1,4-5,10-13,15-17H2. The van der Waals surface area contributed by atoms with Crippen LogP contribution in [0.5, 0.6) is 0 Å². The Kier molecular flexibility index (Phi) is 7.28. The maximum atomic E-state index is 12.9. The minimum atomic E-state index is -3.76. The number of fused-ring (bicyclic) bond motifs is 1. The first kappa shape index (κ1) is 23.6. The van der Waals surface area contributed by atoms with E-state index in [1.165, 1.54) is 27.6 Å². The number of anilines is 1. The average molecular weight is 475 g/mol. The van der Waals surface area contributed by atoms with Gasteiger partial charge in [0.25, 0.3) is 5.69 Å². The molecule has 1 saturated heterocycles. The minimum Gasteiger partial charge on any atom is -0.390 e. The molecule has 2 aromatic carbocycles. The van der Waals surface area contributed by atoms with Gasteiger partial charge in [0, 0.05) is 45.3 Å². The summed E-state index contributed by atoms with van der Waals surface area (Å²) in [5.41, 5.74) is 2.47. The highest BCUT2D eigenvalue weighted by Crippen LogP contribution is 2.30. The van der Waals surface area contributed by atoms with Crippen molar-refractivity contribution in [2.75, 3.05) is 38.0 Å². The van der Waals surface area contributed by atoms with E-state index in [4.69, 9.17) is 0 Å². The van der Waals surface area contributed by atoms with Crippen LogP contribution in [0.3, 0.4) is 0 Å². The first-order valence-electron chi connectivity index (χ1n) is 11.3. The zero-order chi connectivity index (χ0) is 23.4. The van der Waals surface area contributed by atoms with E-state index in [1.807, 2.05) is 12.1 Å². The predicted octanol–water partition coefficient (Wildman–Crippen LogP) is 2.60. The number of nitro benzene ring substituents is 1. The van der Waals surface area contributed by atoms with Gasteiger partial charge in [-0.3, -0.25) is 15.0 Å². The van der Waals surface area contributed by atoms with Gasteiger partial charge in [-0.2, -0.15) is 4.31 Å². The number of piperidine rings is 1. The van der Waals surface area contributed by atoms with Crippen molar-refractivity contribution in [3.8, 4) is 0 Å². The zero-order valence-corrected chi connectivity index (χ0v) is 19.3. The summed E-state index contributed by atoms with van der Waals surface area (Å²) >= 11 is 0. The van der Waals surface area contributed by atoms with Gasteiger partial charge in [-0.25, -0.2) is 8.42 Å². The molecule has 2 aromatic rings. The molecule has 2 aliphatic rings. The van der Waals surface area contributed by atoms with Gasteiger partial charge in [-0.05, 0) is 42.5 Å². The minimum absolute atomic E-state index is 0.0748. The van der Waals surface area contributed by atoms with Crippen molar-refractivity contribution in [2.45, 2.75) is 43.2 Å². The van der Waals surface area contributed by atoms with Gasteiger partial charge in [0.1, 0.15) is 5.69 Å². The number of benzene rings is 2. The number of sulfonamides is 1. The summed E-state index contributed by atoms with van der Waals surface area (Å²) in [6.45, 7) is 3.04. The molecule has 1 unspecified atom stereocenters. The van der Waals surface area contributed by atoms with E-state index in [0.29, 0.717) is 19.6 Å². The second kappa shape index (κ2) is 10.2. The molecule has 2 aliphatic heterocycles. The van der Waals surface area contributed by atoms with E-state index in [2.05, 4.69) is 22.3 Å². The molecular weight excluding hydrogens is 444 g/mol. The van der Waals surface area contributed by atoms with Crippen molar-refractivity contribution in [2.24, 2.45) is 0 Å². The second-order valence-corrected chi connectivity index (χ2v) is 10.6. The molecule has 0 bridgehead atoms. The summed E-state index contributed by atoms with van der Waals surface area (Å²) in [7, 11) is -3.76. The lowest BCUT2D eigenvalue weighted by Crippen LogP contribution is -2.39. The van der Waals surface area contributed by atoms with Crippen LogP contribution in [0.2, 0.25) is 0 Å². The number of nitrogens with zero attached hydrogens (tertiary/aromatic N) is 3. The molecule has 10 heteroatoms. The van der Waals surface area contributed by atoms with Gasteiger partial charge in [-0.15, -0.1) is 0 Å². The molecule has 33 heavy (non-hydrogen) atoms. The van der Waals surface area contributed by atoms with Gasteiger partial charge < -0.3 is 10.4 Å². The topological polar surface area (TPSA) is 116 Å². The average Bonchev–Trinajstić information content (AvgIpc) is 2.83. The van der Waals surface area contributed by atoms with Crippen LogP contribution in [0, 0.1) is 10.1 Å². The summed E-state index contributed by atoms with van der Waals surface area (Å²) < 4.78 is 27.2. The van der Waals surface area contributed by atoms with Crippen LogP contribution in [0.15, 0.2) is 47.4 Å². The number of aliphatic hydroxyl groups is 1. The molecule has 2 N–H and O–H groups in total. The van der Waals surface area contributed by atoms with Crippen LogP contribution >= 0.6 is 0 Å². The predicted molar refractivity (Wildman–Crippen MR) is 126 cm³/mol. The molecular formula is C23H30N4O5S. The number of rotatable bonds is 8. The third-order valence-corrected chi connectivity index (χ3v) is 8.22. The fraction of sp³-hybridized carbons (Fsp3) is 0.478. The molecule has 0 spiro atoms. The monoisotopic (exact) mass is 474 g/mol. The Morgan fingerprint density at radius 3 is 2.52 bits per heavy atom. The molecule has 1 atom stereocenters. The van der Waals surface area contributed by atoms with Crippen molar-refractivity contribution < 1.29 is 18.4 Å². The maximum absolute atomic E-state index is 12.9. The van der Waals surface area contributed by atoms with Gasteiger partial charge in [-0.1, -0.05) is 30.7 Å². The molecule has 0 saturated carbocycles. The van der Waals surface area contributed by atoms with Gasteiger partial charge in [0.15, 0.2) is 0 Å². The summed E-state index contributed by atoms with van der Waals surface area (Å²) in [4.78, 5) is 13.1. The Bertz CT molecular complexity index is 1100. The van der Waals surface area contributed by atoms with Crippen molar-refractivity contribution >= 4 is 21.4 Å². The Labute approximate surface area is 194 Å². The van der Waals surface area contributed by atoms with Gasteiger partial charge >= 0.3 is 0 Å². The first-order valence-corrected chi connectivity index (χ1v) is 12.8. The Morgan fingerprint density at radius 1 is 1.06 bits per heavy atom. The summed E-state index contributed by atoms with van der Waals surface area (Å²) in [5.74, 6) is 0. The van der Waals surface area contributed by atoms with Crippen LogP contribution in [0.25, 0.3) is 0 Å². The van der Waals surface area contributed by atoms with Crippen LogP contribution in [0.4, 0.5) is 11.4 Å². The number of hydrogen-bond acceptors (Lipinski definition) is 7. The molecule has 4 rings (SSSR count). The third kappa shape index (κ3) is 5.52. The summed E-state index contributed by atoms with van der Waals surface area (Å²) in [6.07, 6.45) is 2.77. The molecule has 0 radical (unpaired) electrons. The van der Waals surface area contributed by atoms with E-state index in [1.54, 1.807) is 0 Å². The fourth-order valence-electron chi connectivity index (χ4n) is 4.53. The number of aliphatic hydroxyl groups excluding tert-OH is 1. The molecule has 2 heterocycles. The highest BCUT2D eigenvalue weighted by atomic mass is 32.2. The number of β-amino-alcohol motifs (C(OH)–C–C–N with tert-alkyl or cyclic N) is 1. The largest absolute Gasteiger partial charge is 0.390 e. The first-order chi connectivity index (χ1) is 15.8. The van der Waals surface area contributed by atoms with Crippen molar-refractivity contribution in [3.63, 3.8) is 0 Å². The molecule has 1 fully saturated rings. The van der Waals surface area contributed by atoms with Crippen LogP contribution in [-0.4, -0.2) is 66.5 Å². The van der Waals surface area contributed by atoms with E-state index in [9.17, 15) is 23.6 Å². The molecule has 0 aromatic heterocycles. The Morgan fingerprint density at radius 2 is 1.79 bits per heavy atom. The Balaban J connectivity index is 1.40. The van der Waals surface area contributed by atoms with Crippen molar-refractivity contribution in [3.05, 3.63) is 63.7 Å². The van der Waals surface area contributed by atoms with E-state index < -0.39 is 21.1 Å². The third-order valence-electron chi connectivity index (χ3n) is 6.33. The lowest BCUT2D eigenvalue weighted by atomic mass is 10.00. The summed E-state index contributed by atoms with van der Waals surface area (Å²) in [5, 5.41) is 25.1. The van der Waals surface area contributed by atoms with Gasteiger partial charge in [0.2, 0.25) is 10.0 Å². The zero-order valence-electron chi connectivity index (χ0n) is 18.5. The lowest BCUT2D eigenvalue weighted by molar-refractivity contribution is -0.384. The summed E-state index contributed by atoms with van der Waals surface area (Å²) in [6, 6.07) is 12.2. The number of nitro groups is 1. The molecule has 0 aliphatic carbocycles. The van der Waals surface area contributed by atoms with Crippen LogP contribution < -0.4 is 5.32 Å². The van der Waals surface area contributed by atoms with E-state index >= 15 is 0 Å². The molecule has 178 valence electrons. The lowest BCUT2D eigenvalue weighted by Gasteiger charge is -2.30. The van der Waals surface area contributed by atoms with Crippen LogP contribution in [-0.2, 0) is 23.0 Å². The molecule has 0 amide bonds. The normalized spacial score (nSPS) is 18.5. The number of hydrogen-bond donors (Lipinski definition) is 2. The van der Waals surface area contributed by atoms with E-state index in [0.717, 1.165) is 44.8 Å². The second-order valence-electron chi connectivity index (χ2n) is 8.69. The number of nitrogens with one attached hydrogen (secondary N) is 1. The molecule has 9 nitrogen and oxygen atoms in total. The van der Waals surface area contributed by atoms with E-state index in [-0.39, 0.29) is 22.8 Å². The Hall–Kier alpha value is -2.53. The van der Waals surface area contributed by atoms with Crippen molar-refractivity contribution in [1.82, 2.24) is 9.21 Å².